The number of aliphatic imine (C=N–C) groups is 1. The van der Waals surface area contributed by atoms with Crippen LogP contribution in [0.1, 0.15) is 53.9 Å². The van der Waals surface area contributed by atoms with E-state index < -0.39 is 5.56 Å². The summed E-state index contributed by atoms with van der Waals surface area (Å²) in [6, 6.07) is 0. The van der Waals surface area contributed by atoms with E-state index in [1.807, 2.05) is 13.0 Å². The molecular weight excluding hydrogens is 328 g/mol. The van der Waals surface area contributed by atoms with Gasteiger partial charge in [-0.3, -0.25) is 0 Å². The first-order valence-electron chi connectivity index (χ1n) is 8.87. The smallest absolute Gasteiger partial charge is 0.220 e. The zero-order valence-electron chi connectivity index (χ0n) is 16.0. The van der Waals surface area contributed by atoms with Crippen LogP contribution in [0.2, 0.25) is 0 Å². The van der Waals surface area contributed by atoms with E-state index in [0.717, 1.165) is 5.57 Å². The highest BCUT2D eigenvalue weighted by Crippen LogP contribution is 2.40. The van der Waals surface area contributed by atoms with Crippen molar-refractivity contribution in [3.05, 3.63) is 58.7 Å². The highest BCUT2D eigenvalue weighted by atomic mass is 32.1. The van der Waals surface area contributed by atoms with Gasteiger partial charge in [-0.25, -0.2) is 15.3 Å². The van der Waals surface area contributed by atoms with E-state index in [4.69, 9.17) is 4.84 Å². The molecule has 1 atom stereocenters. The van der Waals surface area contributed by atoms with Gasteiger partial charge in [0.15, 0.2) is 0 Å². The molecule has 0 aromatic carbocycles. The van der Waals surface area contributed by atoms with E-state index >= 15 is 0 Å². The van der Waals surface area contributed by atoms with Crippen LogP contribution in [-0.4, -0.2) is 11.4 Å². The second kappa shape index (κ2) is 8.72. The van der Waals surface area contributed by atoms with E-state index in [2.05, 4.69) is 81.2 Å². The van der Waals surface area contributed by atoms with Crippen molar-refractivity contribution in [2.75, 3.05) is 0 Å². The van der Waals surface area contributed by atoms with Gasteiger partial charge in [0.2, 0.25) is 5.56 Å². The van der Waals surface area contributed by atoms with Crippen LogP contribution >= 0.6 is 12.6 Å². The Kier molecular flexibility index (Phi) is 6.91. The predicted molar refractivity (Wildman–Crippen MR) is 111 cm³/mol. The second-order valence-corrected chi connectivity index (χ2v) is 7.93. The molecule has 0 saturated heterocycles. The maximum absolute atomic E-state index is 5.04. The topological polar surface area (TPSA) is 33.6 Å². The van der Waals surface area contributed by atoms with Gasteiger partial charge >= 0.3 is 0 Å². The number of nitrogens with zero attached hydrogens (tertiary/aromatic N) is 1. The molecule has 1 heterocycles. The molecule has 1 aliphatic carbocycles. The average molecular weight is 359 g/mol. The van der Waals surface area contributed by atoms with Gasteiger partial charge in [0, 0.05) is 0 Å². The molecule has 1 N–H and O–H groups in total. The van der Waals surface area contributed by atoms with Gasteiger partial charge in [-0.15, -0.1) is 12.6 Å². The van der Waals surface area contributed by atoms with Crippen molar-refractivity contribution in [2.45, 2.75) is 59.4 Å². The predicted octanol–water partition coefficient (Wildman–Crippen LogP) is 5.66. The minimum Gasteiger partial charge on any atom is -0.246 e. The van der Waals surface area contributed by atoms with Crippen molar-refractivity contribution >= 4 is 18.5 Å². The molecule has 0 amide bonds. The lowest BCUT2D eigenvalue weighted by atomic mass is 9.72. The third kappa shape index (κ3) is 6.05. The normalized spacial score (nSPS) is 25.0. The molecule has 0 radical (unpaired) electrons. The summed E-state index contributed by atoms with van der Waals surface area (Å²) < 4.78 is 0. The van der Waals surface area contributed by atoms with Crippen LogP contribution in [0.5, 0.6) is 0 Å². The van der Waals surface area contributed by atoms with Crippen LogP contribution in [-0.2, 0) is 4.84 Å². The Labute approximate surface area is 157 Å². The standard InChI is InChI=1S/C21H30N2OS/c1-15(11-12-18-17(3)10-7-13-21(18,4)5)8-6-9-16(2)14-19-22-20(25)24-23-19/h6,8-9,11-12,14,20,25H,7,10,13H2,1-5H3,(H,22,23)/b9-6+,12-11+,15-8+,16-14+. The number of amidine groups is 1. The number of thiol groups is 1. The summed E-state index contributed by atoms with van der Waals surface area (Å²) in [5, 5.41) is 0. The van der Waals surface area contributed by atoms with Crippen molar-refractivity contribution < 1.29 is 4.84 Å². The molecule has 0 fully saturated rings. The second-order valence-electron chi connectivity index (χ2n) is 7.48. The summed E-state index contributed by atoms with van der Waals surface area (Å²) in [6.45, 7) is 11.1. The van der Waals surface area contributed by atoms with Gasteiger partial charge in [-0.05, 0) is 62.7 Å². The fourth-order valence-corrected chi connectivity index (χ4v) is 3.42. The van der Waals surface area contributed by atoms with E-state index in [9.17, 15) is 0 Å². The van der Waals surface area contributed by atoms with E-state index in [1.165, 1.54) is 36.0 Å². The van der Waals surface area contributed by atoms with Crippen LogP contribution in [0, 0.1) is 5.41 Å². The highest BCUT2D eigenvalue weighted by molar-refractivity contribution is 7.80. The van der Waals surface area contributed by atoms with E-state index in [-0.39, 0.29) is 5.41 Å². The molecule has 4 heteroatoms. The molecule has 0 saturated carbocycles. The number of hydrogen-bond acceptors (Lipinski definition) is 4. The summed E-state index contributed by atoms with van der Waals surface area (Å²) in [7, 11) is 0. The van der Waals surface area contributed by atoms with Gasteiger partial charge in [-0.2, -0.15) is 0 Å². The number of hydrogen-bond donors (Lipinski definition) is 2. The lowest BCUT2D eigenvalue weighted by Gasteiger charge is -2.32. The molecule has 0 bridgehead atoms. The Morgan fingerprint density at radius 1 is 1.28 bits per heavy atom. The molecule has 0 aromatic heterocycles. The number of rotatable bonds is 5. The van der Waals surface area contributed by atoms with Gasteiger partial charge < -0.3 is 0 Å². The molecule has 1 unspecified atom stereocenters. The third-order valence-electron chi connectivity index (χ3n) is 4.66. The van der Waals surface area contributed by atoms with Gasteiger partial charge in [-0.1, -0.05) is 55.4 Å². The lowest BCUT2D eigenvalue weighted by molar-refractivity contribution is 0.0939. The summed E-state index contributed by atoms with van der Waals surface area (Å²) in [5.41, 5.74) is 7.97. The number of nitrogens with one attached hydrogen (secondary N) is 1. The van der Waals surface area contributed by atoms with Crippen molar-refractivity contribution in [3.63, 3.8) is 0 Å². The largest absolute Gasteiger partial charge is 0.246 e. The summed E-state index contributed by atoms with van der Waals surface area (Å²) >= 11 is 4.12. The maximum Gasteiger partial charge on any atom is 0.220 e. The lowest BCUT2D eigenvalue weighted by Crippen LogP contribution is -2.19. The molecule has 136 valence electrons. The Morgan fingerprint density at radius 3 is 2.68 bits per heavy atom. The third-order valence-corrected chi connectivity index (χ3v) is 4.88. The molecule has 25 heavy (non-hydrogen) atoms. The Hall–Kier alpha value is -1.52. The van der Waals surface area contributed by atoms with Crippen LogP contribution < -0.4 is 5.48 Å². The van der Waals surface area contributed by atoms with Crippen LogP contribution in [0.15, 0.2) is 63.7 Å². The van der Waals surface area contributed by atoms with Gasteiger partial charge in [0.05, 0.1) is 0 Å². The number of allylic oxidation sites excluding steroid dienone is 9. The maximum atomic E-state index is 5.04. The van der Waals surface area contributed by atoms with Crippen LogP contribution in [0.25, 0.3) is 0 Å². The van der Waals surface area contributed by atoms with Crippen LogP contribution in [0.3, 0.4) is 0 Å². The Balaban J connectivity index is 1.99. The molecule has 0 aromatic rings. The van der Waals surface area contributed by atoms with Crippen molar-refractivity contribution in [1.29, 1.82) is 0 Å². The first-order valence-corrected chi connectivity index (χ1v) is 9.39. The fourth-order valence-electron chi connectivity index (χ4n) is 3.25. The minimum atomic E-state index is -0.419. The molecule has 1 aliphatic heterocycles. The van der Waals surface area contributed by atoms with Crippen molar-refractivity contribution in [3.8, 4) is 0 Å². The van der Waals surface area contributed by atoms with E-state index in [0.29, 0.717) is 5.84 Å². The summed E-state index contributed by atoms with van der Waals surface area (Å²) in [4.78, 5) is 9.22. The molecular formula is C21H30N2OS. The SMILES string of the molecule is CC1=C(/C=C/C(C)=C/C=C/C(C)=C/C2=NC(S)ON2)C(C)(C)CCC1. The van der Waals surface area contributed by atoms with E-state index in [1.54, 1.807) is 0 Å². The molecule has 2 aliphatic rings. The van der Waals surface area contributed by atoms with Crippen molar-refractivity contribution in [2.24, 2.45) is 10.4 Å². The minimum absolute atomic E-state index is 0.288. The molecule has 3 nitrogen and oxygen atoms in total. The summed E-state index contributed by atoms with van der Waals surface area (Å²) in [6.07, 6.45) is 16.5. The fraction of sp³-hybridized carbons (Fsp3) is 0.476. The van der Waals surface area contributed by atoms with Crippen molar-refractivity contribution in [1.82, 2.24) is 5.48 Å². The monoisotopic (exact) mass is 358 g/mol. The quantitative estimate of drug-likeness (QED) is 0.491. The van der Waals surface area contributed by atoms with Gasteiger partial charge in [0.25, 0.3) is 0 Å². The summed E-state index contributed by atoms with van der Waals surface area (Å²) in [5.74, 6) is 0.699. The average Bonchev–Trinajstić information content (AvgIpc) is 2.91. The Morgan fingerprint density at radius 2 is 2.04 bits per heavy atom. The molecule has 2 rings (SSSR count). The number of hydroxylamine groups is 1. The first kappa shape index (κ1) is 19.8. The van der Waals surface area contributed by atoms with Gasteiger partial charge in [0.1, 0.15) is 5.84 Å². The molecule has 0 spiro atoms. The zero-order chi connectivity index (χ0) is 18.4. The Bertz CT molecular complexity index is 678. The zero-order valence-corrected chi connectivity index (χ0v) is 16.9. The van der Waals surface area contributed by atoms with Crippen LogP contribution in [0.4, 0.5) is 0 Å². The first-order chi connectivity index (χ1) is 11.8. The highest BCUT2D eigenvalue weighted by Gasteiger charge is 2.26.